The van der Waals surface area contributed by atoms with Crippen LogP contribution in [0.5, 0.6) is 0 Å². The van der Waals surface area contributed by atoms with E-state index in [9.17, 15) is 5.11 Å². The number of hydrogen-bond donors (Lipinski definition) is 2. The summed E-state index contributed by atoms with van der Waals surface area (Å²) in [5.74, 6) is 0.631. The van der Waals surface area contributed by atoms with Crippen LogP contribution in [0.2, 0.25) is 0 Å². The van der Waals surface area contributed by atoms with E-state index >= 15 is 0 Å². The molecule has 2 aromatic rings. The van der Waals surface area contributed by atoms with Crippen molar-refractivity contribution in [1.82, 2.24) is 5.32 Å². The minimum Gasteiger partial charge on any atom is -0.467 e. The van der Waals surface area contributed by atoms with Crippen LogP contribution in [0.3, 0.4) is 0 Å². The highest BCUT2D eigenvalue weighted by Gasteiger charge is 2.16. The first-order valence-corrected chi connectivity index (χ1v) is 7.10. The highest BCUT2D eigenvalue weighted by atomic mass is 32.1. The van der Waals surface area contributed by atoms with Crippen LogP contribution in [0.15, 0.2) is 39.6 Å². The molecular weight excluding hydrogens is 246 g/mol. The van der Waals surface area contributed by atoms with Gasteiger partial charge in [0.1, 0.15) is 11.9 Å². The summed E-state index contributed by atoms with van der Waals surface area (Å²) >= 11 is 1.70. The molecule has 3 nitrogen and oxygen atoms in total. The lowest BCUT2D eigenvalue weighted by Crippen LogP contribution is -2.30. The average Bonchev–Trinajstić information content (AvgIpc) is 3.02. The van der Waals surface area contributed by atoms with Crippen molar-refractivity contribution in [3.63, 3.8) is 0 Å². The fourth-order valence-electron chi connectivity index (χ4n) is 2.04. The number of thiophene rings is 1. The van der Waals surface area contributed by atoms with E-state index in [1.165, 1.54) is 5.56 Å². The van der Waals surface area contributed by atoms with E-state index in [1.54, 1.807) is 29.7 Å². The van der Waals surface area contributed by atoms with Gasteiger partial charge < -0.3 is 14.8 Å². The minimum atomic E-state index is -0.544. The Bertz CT molecular complexity index is 396. The van der Waals surface area contributed by atoms with Crippen LogP contribution in [-0.2, 0) is 0 Å². The molecule has 0 aliphatic heterocycles. The Kier molecular flexibility index (Phi) is 4.58. The van der Waals surface area contributed by atoms with Gasteiger partial charge in [0, 0.05) is 12.1 Å². The molecule has 98 valence electrons. The van der Waals surface area contributed by atoms with E-state index < -0.39 is 6.10 Å². The van der Waals surface area contributed by atoms with E-state index in [1.807, 2.05) is 0 Å². The van der Waals surface area contributed by atoms with Crippen molar-refractivity contribution in [2.24, 2.45) is 0 Å². The number of aliphatic hydroxyl groups excluding tert-OH is 1. The highest BCUT2D eigenvalue weighted by Crippen LogP contribution is 2.21. The van der Waals surface area contributed by atoms with Gasteiger partial charge in [0.05, 0.1) is 6.26 Å². The van der Waals surface area contributed by atoms with Crippen molar-refractivity contribution >= 4 is 11.3 Å². The molecule has 2 N–H and O–H groups in total. The van der Waals surface area contributed by atoms with Crippen LogP contribution in [0, 0.1) is 0 Å². The molecule has 0 radical (unpaired) electrons. The van der Waals surface area contributed by atoms with Crippen molar-refractivity contribution in [2.75, 3.05) is 0 Å². The van der Waals surface area contributed by atoms with Crippen LogP contribution in [0.25, 0.3) is 0 Å². The van der Waals surface area contributed by atoms with Gasteiger partial charge >= 0.3 is 0 Å². The van der Waals surface area contributed by atoms with E-state index in [0.29, 0.717) is 18.2 Å². The monoisotopic (exact) mass is 265 g/mol. The molecule has 0 aliphatic carbocycles. The van der Waals surface area contributed by atoms with Crippen LogP contribution in [0.4, 0.5) is 0 Å². The summed E-state index contributed by atoms with van der Waals surface area (Å²) in [4.78, 5) is 0. The van der Waals surface area contributed by atoms with E-state index in [4.69, 9.17) is 4.42 Å². The van der Waals surface area contributed by atoms with Crippen LogP contribution >= 0.6 is 11.3 Å². The zero-order chi connectivity index (χ0) is 13.0. The van der Waals surface area contributed by atoms with Gasteiger partial charge in [-0.3, -0.25) is 0 Å². The molecule has 0 aliphatic rings. The molecule has 0 amide bonds. The summed E-state index contributed by atoms with van der Waals surface area (Å²) in [6.45, 7) is 4.22. The second-order valence-corrected chi connectivity index (χ2v) is 5.39. The minimum absolute atomic E-state index is 0.222. The van der Waals surface area contributed by atoms with Gasteiger partial charge in [-0.2, -0.15) is 11.3 Å². The Morgan fingerprint density at radius 1 is 1.39 bits per heavy atom. The number of nitrogens with one attached hydrogen (secondary N) is 1. The highest BCUT2D eigenvalue weighted by molar-refractivity contribution is 7.07. The third-order valence-electron chi connectivity index (χ3n) is 3.03. The Hall–Kier alpha value is -1.10. The smallest absolute Gasteiger partial charge is 0.132 e. The fraction of sp³-hybridized carbons (Fsp3) is 0.429. The SMILES string of the molecule is CC(CC(O)c1ccco1)NC(C)c1ccsc1. The second-order valence-electron chi connectivity index (χ2n) is 4.61. The molecule has 3 unspecified atom stereocenters. The molecule has 4 heteroatoms. The maximum Gasteiger partial charge on any atom is 0.132 e. The quantitative estimate of drug-likeness (QED) is 0.840. The lowest BCUT2D eigenvalue weighted by atomic mass is 10.1. The third kappa shape index (κ3) is 3.45. The van der Waals surface area contributed by atoms with Gasteiger partial charge in [-0.1, -0.05) is 0 Å². The normalized spacial score (nSPS) is 16.4. The van der Waals surface area contributed by atoms with E-state index in [0.717, 1.165) is 0 Å². The van der Waals surface area contributed by atoms with E-state index in [-0.39, 0.29) is 6.04 Å². The lowest BCUT2D eigenvalue weighted by molar-refractivity contribution is 0.127. The average molecular weight is 265 g/mol. The maximum atomic E-state index is 9.99. The predicted molar refractivity (Wildman–Crippen MR) is 73.6 cm³/mol. The first-order valence-electron chi connectivity index (χ1n) is 6.16. The van der Waals surface area contributed by atoms with Crippen molar-refractivity contribution in [3.8, 4) is 0 Å². The zero-order valence-electron chi connectivity index (χ0n) is 10.7. The topological polar surface area (TPSA) is 45.4 Å². The summed E-state index contributed by atoms with van der Waals surface area (Å²) in [6, 6.07) is 6.25. The molecule has 2 rings (SSSR count). The standard InChI is InChI=1S/C14H19NO2S/c1-10(8-13(16)14-4-3-6-17-14)15-11(2)12-5-7-18-9-12/h3-7,9-11,13,15-16H,8H2,1-2H3. The lowest BCUT2D eigenvalue weighted by Gasteiger charge is -2.21. The summed E-state index contributed by atoms with van der Waals surface area (Å²) in [5.41, 5.74) is 1.29. The molecule has 2 aromatic heterocycles. The Labute approximate surface area is 111 Å². The number of furan rings is 1. The molecule has 3 atom stereocenters. The van der Waals surface area contributed by atoms with Gasteiger partial charge in [0.15, 0.2) is 0 Å². The third-order valence-corrected chi connectivity index (χ3v) is 3.73. The van der Waals surface area contributed by atoms with Crippen molar-refractivity contribution in [3.05, 3.63) is 46.5 Å². The molecule has 0 saturated heterocycles. The van der Waals surface area contributed by atoms with Gasteiger partial charge in [-0.25, -0.2) is 0 Å². The first kappa shape index (κ1) is 13.3. The predicted octanol–water partition coefficient (Wildman–Crippen LogP) is 3.50. The maximum absolute atomic E-state index is 9.99. The molecule has 2 heterocycles. The Balaban J connectivity index is 1.83. The fourth-order valence-corrected chi connectivity index (χ4v) is 2.80. The van der Waals surface area contributed by atoms with Gasteiger partial charge in [0.25, 0.3) is 0 Å². The number of hydrogen-bond acceptors (Lipinski definition) is 4. The number of rotatable bonds is 6. The molecule has 0 fully saturated rings. The molecular formula is C14H19NO2S. The van der Waals surface area contributed by atoms with Gasteiger partial charge in [-0.15, -0.1) is 0 Å². The van der Waals surface area contributed by atoms with Gasteiger partial charge in [0.2, 0.25) is 0 Å². The Morgan fingerprint density at radius 3 is 2.83 bits per heavy atom. The molecule has 0 aromatic carbocycles. The molecule has 0 bridgehead atoms. The van der Waals surface area contributed by atoms with Gasteiger partial charge in [-0.05, 0) is 54.8 Å². The summed E-state index contributed by atoms with van der Waals surface area (Å²) in [7, 11) is 0. The number of aliphatic hydroxyl groups is 1. The first-order chi connectivity index (χ1) is 8.66. The second kappa shape index (κ2) is 6.18. The molecule has 0 saturated carbocycles. The van der Waals surface area contributed by atoms with E-state index in [2.05, 4.69) is 36.0 Å². The summed E-state index contributed by atoms with van der Waals surface area (Å²) in [6.07, 6.45) is 1.68. The Morgan fingerprint density at radius 2 is 2.22 bits per heavy atom. The molecule has 18 heavy (non-hydrogen) atoms. The summed E-state index contributed by atoms with van der Waals surface area (Å²) < 4.78 is 5.20. The van der Waals surface area contributed by atoms with Crippen LogP contribution < -0.4 is 5.32 Å². The largest absolute Gasteiger partial charge is 0.467 e. The van der Waals surface area contributed by atoms with Crippen molar-refractivity contribution in [1.29, 1.82) is 0 Å². The molecule has 0 spiro atoms. The van der Waals surface area contributed by atoms with Crippen LogP contribution in [0.1, 0.15) is 43.7 Å². The van der Waals surface area contributed by atoms with Crippen LogP contribution in [-0.4, -0.2) is 11.1 Å². The van der Waals surface area contributed by atoms with Crippen molar-refractivity contribution in [2.45, 2.75) is 38.5 Å². The summed E-state index contributed by atoms with van der Waals surface area (Å²) in [5, 5.41) is 17.7. The van der Waals surface area contributed by atoms with Crippen molar-refractivity contribution < 1.29 is 9.52 Å². The zero-order valence-corrected chi connectivity index (χ0v) is 11.5.